The lowest BCUT2D eigenvalue weighted by Crippen LogP contribution is -2.29. The molecule has 2 aromatic carbocycles. The zero-order valence-electron chi connectivity index (χ0n) is 18.6. The molecule has 9 heteroatoms. The number of methoxy groups -OCH3 is 4. The van der Waals surface area contributed by atoms with Gasteiger partial charge in [0.15, 0.2) is 23.0 Å². The Kier molecular flexibility index (Phi) is 7.29. The van der Waals surface area contributed by atoms with Crippen LogP contribution >= 0.6 is 0 Å². The smallest absolute Gasteiger partial charge is 0.314 e. The third kappa shape index (κ3) is 4.37. The Morgan fingerprint density at radius 2 is 1.47 bits per heavy atom. The molecule has 0 amide bonds. The summed E-state index contributed by atoms with van der Waals surface area (Å²) in [5, 5.41) is 0. The molecular weight excluding hydrogens is 420 g/mol. The summed E-state index contributed by atoms with van der Waals surface area (Å²) in [6, 6.07) is 8.28. The Morgan fingerprint density at radius 3 is 2.03 bits per heavy atom. The number of carbonyl (C=O) groups excluding carboxylic acids is 2. The number of ether oxygens (including phenoxy) is 7. The fraction of sp³-hybridized carbons (Fsp3) is 0.391. The molecule has 32 heavy (non-hydrogen) atoms. The molecule has 0 saturated heterocycles. The Labute approximate surface area is 186 Å². The summed E-state index contributed by atoms with van der Waals surface area (Å²) in [5.41, 5.74) is 0.943. The summed E-state index contributed by atoms with van der Waals surface area (Å²) in [6.45, 7) is 1.92. The van der Waals surface area contributed by atoms with E-state index in [-0.39, 0.29) is 13.4 Å². The highest BCUT2D eigenvalue weighted by molar-refractivity contribution is 5.90. The minimum atomic E-state index is -1.06. The van der Waals surface area contributed by atoms with E-state index in [1.165, 1.54) is 28.4 Å². The fourth-order valence-corrected chi connectivity index (χ4v) is 3.68. The second kappa shape index (κ2) is 10.1. The van der Waals surface area contributed by atoms with Crippen molar-refractivity contribution in [3.05, 3.63) is 41.5 Å². The van der Waals surface area contributed by atoms with E-state index in [1.807, 2.05) is 0 Å². The van der Waals surface area contributed by atoms with Crippen molar-refractivity contribution in [2.45, 2.75) is 18.8 Å². The van der Waals surface area contributed by atoms with Gasteiger partial charge in [0.25, 0.3) is 0 Å². The van der Waals surface area contributed by atoms with E-state index in [9.17, 15) is 9.59 Å². The van der Waals surface area contributed by atoms with Crippen molar-refractivity contribution in [2.75, 3.05) is 41.8 Å². The van der Waals surface area contributed by atoms with Crippen molar-refractivity contribution in [3.63, 3.8) is 0 Å². The van der Waals surface area contributed by atoms with Gasteiger partial charge in [0.05, 0.1) is 46.9 Å². The average molecular weight is 446 g/mol. The zero-order chi connectivity index (χ0) is 23.3. The predicted molar refractivity (Wildman–Crippen MR) is 113 cm³/mol. The molecule has 1 heterocycles. The largest absolute Gasteiger partial charge is 0.493 e. The Bertz CT molecular complexity index is 960. The summed E-state index contributed by atoms with van der Waals surface area (Å²) >= 11 is 0. The SMILES string of the molecule is CCOC(=O)C(c1ccc2c(c1)OCO2)C(C(=O)OC)c1cc(OC)c(OC)c(OC)c1. The molecule has 0 radical (unpaired) electrons. The van der Waals surface area contributed by atoms with Crippen LogP contribution in [0, 0.1) is 0 Å². The predicted octanol–water partition coefficient (Wildman–Crippen LogP) is 3.04. The van der Waals surface area contributed by atoms with Gasteiger partial charge in [0.1, 0.15) is 0 Å². The lowest BCUT2D eigenvalue weighted by molar-refractivity contribution is -0.152. The van der Waals surface area contributed by atoms with Crippen LogP contribution in [0.2, 0.25) is 0 Å². The van der Waals surface area contributed by atoms with Crippen molar-refractivity contribution in [1.82, 2.24) is 0 Å². The number of esters is 2. The molecule has 0 bridgehead atoms. The van der Waals surface area contributed by atoms with Gasteiger partial charge >= 0.3 is 11.9 Å². The van der Waals surface area contributed by atoms with E-state index >= 15 is 0 Å². The van der Waals surface area contributed by atoms with Crippen LogP contribution in [-0.4, -0.2) is 53.8 Å². The molecule has 0 aromatic heterocycles. The Morgan fingerprint density at radius 1 is 0.844 bits per heavy atom. The topological polar surface area (TPSA) is 98.8 Å². The normalized spacial score (nSPS) is 13.7. The van der Waals surface area contributed by atoms with E-state index in [4.69, 9.17) is 33.2 Å². The fourth-order valence-electron chi connectivity index (χ4n) is 3.68. The molecule has 2 unspecified atom stereocenters. The number of hydrogen-bond donors (Lipinski definition) is 0. The number of hydrogen-bond acceptors (Lipinski definition) is 9. The molecule has 0 spiro atoms. The van der Waals surface area contributed by atoms with Crippen molar-refractivity contribution in [1.29, 1.82) is 0 Å². The molecule has 0 fully saturated rings. The molecule has 172 valence electrons. The van der Waals surface area contributed by atoms with Crippen LogP contribution in [0.4, 0.5) is 0 Å². The van der Waals surface area contributed by atoms with Crippen molar-refractivity contribution in [3.8, 4) is 28.7 Å². The summed E-state index contributed by atoms with van der Waals surface area (Å²) in [7, 11) is 5.67. The number of rotatable bonds is 9. The van der Waals surface area contributed by atoms with Gasteiger partial charge in [-0.2, -0.15) is 0 Å². The van der Waals surface area contributed by atoms with Gasteiger partial charge in [-0.3, -0.25) is 9.59 Å². The summed E-state index contributed by atoms with van der Waals surface area (Å²) in [6.07, 6.45) is 0. The highest BCUT2D eigenvalue weighted by atomic mass is 16.7. The first-order valence-corrected chi connectivity index (χ1v) is 9.92. The lowest BCUT2D eigenvalue weighted by Gasteiger charge is -2.26. The number of fused-ring (bicyclic) bond motifs is 1. The second-order valence-electron chi connectivity index (χ2n) is 6.80. The van der Waals surface area contributed by atoms with Gasteiger partial charge in [-0.15, -0.1) is 0 Å². The average Bonchev–Trinajstić information content (AvgIpc) is 3.28. The van der Waals surface area contributed by atoms with E-state index in [2.05, 4.69) is 0 Å². The summed E-state index contributed by atoms with van der Waals surface area (Å²) < 4.78 is 37.5. The molecule has 3 rings (SSSR count). The molecule has 1 aliphatic heterocycles. The van der Waals surface area contributed by atoms with Gasteiger partial charge in [-0.05, 0) is 42.3 Å². The standard InChI is InChI=1S/C23H26O9/c1-6-30-23(25)19(13-7-8-15-16(9-13)32-12-31-15)20(22(24)29-5)14-10-17(26-2)21(28-4)18(11-14)27-3/h7-11,19-20H,6,12H2,1-5H3. The first kappa shape index (κ1) is 23.1. The molecule has 0 N–H and O–H groups in total. The first-order valence-electron chi connectivity index (χ1n) is 9.92. The van der Waals surface area contributed by atoms with Crippen molar-refractivity contribution >= 4 is 11.9 Å². The monoisotopic (exact) mass is 446 g/mol. The van der Waals surface area contributed by atoms with E-state index in [0.717, 1.165) is 0 Å². The van der Waals surface area contributed by atoms with Crippen LogP contribution in [0.25, 0.3) is 0 Å². The number of carbonyl (C=O) groups is 2. The van der Waals surface area contributed by atoms with Gasteiger partial charge in [-0.25, -0.2) is 0 Å². The minimum Gasteiger partial charge on any atom is -0.493 e. The first-order chi connectivity index (χ1) is 15.5. The van der Waals surface area contributed by atoms with Gasteiger partial charge in [-0.1, -0.05) is 6.07 Å². The van der Waals surface area contributed by atoms with Crippen molar-refractivity contribution < 1.29 is 42.7 Å². The minimum absolute atomic E-state index is 0.0795. The quantitative estimate of drug-likeness (QED) is 0.538. The van der Waals surface area contributed by atoms with Gasteiger partial charge in [0, 0.05) is 0 Å². The van der Waals surface area contributed by atoms with Crippen LogP contribution < -0.4 is 23.7 Å². The van der Waals surface area contributed by atoms with E-state index in [1.54, 1.807) is 37.3 Å². The molecule has 9 nitrogen and oxygen atoms in total. The molecule has 1 aliphatic rings. The van der Waals surface area contributed by atoms with E-state index in [0.29, 0.717) is 39.9 Å². The van der Waals surface area contributed by atoms with Gasteiger partial charge < -0.3 is 33.2 Å². The van der Waals surface area contributed by atoms with Crippen LogP contribution in [0.1, 0.15) is 29.9 Å². The maximum Gasteiger partial charge on any atom is 0.314 e. The molecular formula is C23H26O9. The van der Waals surface area contributed by atoms with Crippen LogP contribution in [0.3, 0.4) is 0 Å². The molecule has 2 atom stereocenters. The molecule has 0 aliphatic carbocycles. The maximum atomic E-state index is 13.1. The van der Waals surface area contributed by atoms with Crippen LogP contribution in [-0.2, 0) is 19.1 Å². The number of benzene rings is 2. The zero-order valence-corrected chi connectivity index (χ0v) is 18.6. The van der Waals surface area contributed by atoms with Crippen molar-refractivity contribution in [2.24, 2.45) is 0 Å². The van der Waals surface area contributed by atoms with Crippen LogP contribution in [0.15, 0.2) is 30.3 Å². The second-order valence-corrected chi connectivity index (χ2v) is 6.80. The highest BCUT2D eigenvalue weighted by Crippen LogP contribution is 2.45. The maximum absolute atomic E-state index is 13.1. The Balaban J connectivity index is 2.20. The lowest BCUT2D eigenvalue weighted by atomic mass is 9.81. The van der Waals surface area contributed by atoms with Gasteiger partial charge in [0.2, 0.25) is 12.5 Å². The molecule has 2 aromatic rings. The highest BCUT2D eigenvalue weighted by Gasteiger charge is 2.40. The van der Waals surface area contributed by atoms with Crippen LogP contribution in [0.5, 0.6) is 28.7 Å². The third-order valence-corrected chi connectivity index (χ3v) is 5.13. The summed E-state index contributed by atoms with van der Waals surface area (Å²) in [5.74, 6) is -1.24. The Hall–Kier alpha value is -3.62. The van der Waals surface area contributed by atoms with E-state index < -0.39 is 23.8 Å². The summed E-state index contributed by atoms with van der Waals surface area (Å²) in [4.78, 5) is 26.1. The third-order valence-electron chi connectivity index (χ3n) is 5.13. The molecule has 0 saturated carbocycles.